The molecule has 2 fully saturated rings. The molecule has 2 aliphatic heterocycles. The molecule has 74 valence electrons. The summed E-state index contributed by atoms with van der Waals surface area (Å²) in [5, 5.41) is 6.42. The molecule has 2 rings (SSSR count). The van der Waals surface area contributed by atoms with Gasteiger partial charge in [0.15, 0.2) is 0 Å². The molecule has 2 amide bonds. The Hall–Kier alpha value is -0.610. The van der Waals surface area contributed by atoms with E-state index < -0.39 is 0 Å². The summed E-state index contributed by atoms with van der Waals surface area (Å²) in [5.74, 6) is 0. The van der Waals surface area contributed by atoms with Gasteiger partial charge in [-0.2, -0.15) is 0 Å². The van der Waals surface area contributed by atoms with Crippen molar-refractivity contribution in [3.8, 4) is 0 Å². The number of carbonyl (C=O) groups is 1. The van der Waals surface area contributed by atoms with E-state index in [1.165, 1.54) is 0 Å². The van der Waals surface area contributed by atoms with Crippen LogP contribution in [0.2, 0.25) is 0 Å². The van der Waals surface area contributed by atoms with E-state index in [2.05, 4.69) is 24.5 Å². The zero-order valence-electron chi connectivity index (χ0n) is 8.55. The van der Waals surface area contributed by atoms with E-state index in [4.69, 9.17) is 0 Å². The quantitative estimate of drug-likeness (QED) is 0.516. The topological polar surface area (TPSA) is 41.1 Å². The lowest BCUT2D eigenvalue weighted by atomic mass is 9.93. The molecular formula is C9H18N3O+. The van der Waals surface area contributed by atoms with Crippen LogP contribution in [0.3, 0.4) is 0 Å². The first-order valence-electron chi connectivity index (χ1n) is 4.85. The van der Waals surface area contributed by atoms with Gasteiger partial charge in [-0.25, -0.2) is 9.28 Å². The molecule has 2 heterocycles. The van der Waals surface area contributed by atoms with E-state index in [-0.39, 0.29) is 11.6 Å². The number of hydrogen-bond donors (Lipinski definition) is 2. The normalized spacial score (nSPS) is 42.7. The number of hydrogen-bond acceptors (Lipinski definition) is 2. The summed E-state index contributed by atoms with van der Waals surface area (Å²) in [6.45, 7) is 6.98. The lowest BCUT2D eigenvalue weighted by Crippen LogP contribution is -2.64. The molecule has 2 N–H and O–H groups in total. The van der Waals surface area contributed by atoms with Gasteiger partial charge in [0.2, 0.25) is 0 Å². The van der Waals surface area contributed by atoms with Gasteiger partial charge in [-0.1, -0.05) is 0 Å². The van der Waals surface area contributed by atoms with Crippen LogP contribution in [0.1, 0.15) is 13.8 Å². The Morgan fingerprint density at radius 2 is 2.23 bits per heavy atom. The minimum absolute atomic E-state index is 0.0702. The average molecular weight is 184 g/mol. The average Bonchev–Trinajstić information content (AvgIpc) is 2.20. The fourth-order valence-corrected chi connectivity index (χ4v) is 2.60. The van der Waals surface area contributed by atoms with Gasteiger partial charge in [-0.15, -0.1) is 0 Å². The molecule has 0 saturated carbocycles. The van der Waals surface area contributed by atoms with Gasteiger partial charge in [0.1, 0.15) is 6.04 Å². The van der Waals surface area contributed by atoms with Crippen molar-refractivity contribution in [1.82, 2.24) is 10.6 Å². The number of carbonyl (C=O) groups excluding carboxylic acids is 1. The van der Waals surface area contributed by atoms with Crippen LogP contribution in [0, 0.1) is 0 Å². The summed E-state index contributed by atoms with van der Waals surface area (Å²) in [4.78, 5) is 11.8. The highest BCUT2D eigenvalue weighted by Crippen LogP contribution is 2.30. The Bertz CT molecular complexity index is 251. The molecule has 2 atom stereocenters. The number of nitrogens with zero attached hydrogens (tertiary/aromatic N) is 1. The second-order valence-electron chi connectivity index (χ2n) is 4.86. The van der Waals surface area contributed by atoms with E-state index in [1.807, 2.05) is 7.05 Å². The Morgan fingerprint density at radius 3 is 2.85 bits per heavy atom. The van der Waals surface area contributed by atoms with Gasteiger partial charge < -0.3 is 5.32 Å². The number of nitrogens with one attached hydrogen (secondary N) is 2. The first kappa shape index (κ1) is 8.97. The molecule has 13 heavy (non-hydrogen) atoms. The smallest absolute Gasteiger partial charge is 0.306 e. The minimum atomic E-state index is -0.0702. The zero-order valence-corrected chi connectivity index (χ0v) is 8.55. The Labute approximate surface area is 78.9 Å². The summed E-state index contributed by atoms with van der Waals surface area (Å²) >= 11 is 0. The van der Waals surface area contributed by atoms with Gasteiger partial charge in [-0.05, 0) is 13.8 Å². The Morgan fingerprint density at radius 1 is 1.54 bits per heavy atom. The third-order valence-corrected chi connectivity index (χ3v) is 3.50. The number of amides is 2. The summed E-state index contributed by atoms with van der Waals surface area (Å²) in [7, 11) is 2.04. The van der Waals surface area contributed by atoms with Crippen LogP contribution < -0.4 is 10.6 Å². The van der Waals surface area contributed by atoms with Gasteiger partial charge in [0.25, 0.3) is 0 Å². The second kappa shape index (κ2) is 2.45. The van der Waals surface area contributed by atoms with Crippen LogP contribution in [0.25, 0.3) is 0 Å². The lowest BCUT2D eigenvalue weighted by Gasteiger charge is -2.39. The van der Waals surface area contributed by atoms with Crippen molar-refractivity contribution in [1.29, 1.82) is 0 Å². The first-order chi connectivity index (χ1) is 5.97. The molecule has 0 aromatic rings. The van der Waals surface area contributed by atoms with Crippen molar-refractivity contribution >= 4 is 6.03 Å². The highest BCUT2D eigenvalue weighted by Gasteiger charge is 2.57. The van der Waals surface area contributed by atoms with Crippen LogP contribution in [-0.2, 0) is 0 Å². The molecule has 2 unspecified atom stereocenters. The number of piperazine rings is 1. The first-order valence-corrected chi connectivity index (χ1v) is 4.85. The SMILES string of the molecule is CC1(C)NC(=O)[N+]2(C)CCNCC12. The molecule has 4 heteroatoms. The highest BCUT2D eigenvalue weighted by atomic mass is 16.2. The monoisotopic (exact) mass is 184 g/mol. The summed E-state index contributed by atoms with van der Waals surface area (Å²) in [6.07, 6.45) is 0. The molecular weight excluding hydrogens is 166 g/mol. The molecule has 4 nitrogen and oxygen atoms in total. The van der Waals surface area contributed by atoms with Gasteiger partial charge in [-0.3, -0.25) is 5.32 Å². The maximum atomic E-state index is 11.8. The number of quaternary nitrogens is 1. The van der Waals surface area contributed by atoms with E-state index in [9.17, 15) is 4.79 Å². The van der Waals surface area contributed by atoms with Crippen LogP contribution in [0.5, 0.6) is 0 Å². The van der Waals surface area contributed by atoms with Gasteiger partial charge >= 0.3 is 6.03 Å². The highest BCUT2D eigenvalue weighted by molar-refractivity contribution is 5.70. The number of fused-ring (bicyclic) bond motifs is 1. The molecule has 0 aromatic carbocycles. The fourth-order valence-electron chi connectivity index (χ4n) is 2.60. The maximum absolute atomic E-state index is 11.8. The van der Waals surface area contributed by atoms with E-state index in [0.29, 0.717) is 10.5 Å². The molecule has 0 bridgehead atoms. The predicted molar refractivity (Wildman–Crippen MR) is 50.3 cm³/mol. The minimum Gasteiger partial charge on any atom is -0.306 e. The second-order valence-corrected chi connectivity index (χ2v) is 4.86. The van der Waals surface area contributed by atoms with Crippen molar-refractivity contribution in [2.24, 2.45) is 0 Å². The Balaban J connectivity index is 2.35. The van der Waals surface area contributed by atoms with Crippen molar-refractivity contribution in [2.45, 2.75) is 25.4 Å². The number of urea groups is 1. The van der Waals surface area contributed by atoms with Gasteiger partial charge in [0.05, 0.1) is 25.7 Å². The standard InChI is InChI=1S/C9H17N3O/c1-9(2)7-6-10-4-5-12(7,3)8(13)11-9/h7,10H,4-6H2,1-3H3/p+1. The maximum Gasteiger partial charge on any atom is 0.417 e. The molecule has 0 spiro atoms. The van der Waals surface area contributed by atoms with E-state index in [0.717, 1.165) is 19.6 Å². The molecule has 2 saturated heterocycles. The predicted octanol–water partition coefficient (Wildman–Crippen LogP) is -0.0934. The molecule has 2 aliphatic rings. The molecule has 0 aliphatic carbocycles. The molecule has 0 aromatic heterocycles. The van der Waals surface area contributed by atoms with E-state index >= 15 is 0 Å². The van der Waals surface area contributed by atoms with Gasteiger partial charge in [0, 0.05) is 6.54 Å². The van der Waals surface area contributed by atoms with Crippen molar-refractivity contribution < 1.29 is 9.28 Å². The number of likely N-dealkylation sites (N-methyl/N-ethyl adjacent to an activating group) is 1. The van der Waals surface area contributed by atoms with Crippen LogP contribution in [0.15, 0.2) is 0 Å². The third-order valence-electron chi connectivity index (χ3n) is 3.50. The van der Waals surface area contributed by atoms with Crippen LogP contribution >= 0.6 is 0 Å². The zero-order chi connectivity index (χ0) is 9.69. The largest absolute Gasteiger partial charge is 0.417 e. The van der Waals surface area contributed by atoms with E-state index in [1.54, 1.807) is 0 Å². The molecule has 0 radical (unpaired) electrons. The summed E-state index contributed by atoms with van der Waals surface area (Å²) in [5.41, 5.74) is -0.0702. The van der Waals surface area contributed by atoms with Crippen molar-refractivity contribution in [3.05, 3.63) is 0 Å². The number of rotatable bonds is 0. The van der Waals surface area contributed by atoms with Crippen molar-refractivity contribution in [2.75, 3.05) is 26.7 Å². The van der Waals surface area contributed by atoms with Crippen LogP contribution in [-0.4, -0.2) is 48.8 Å². The fraction of sp³-hybridized carbons (Fsp3) is 0.889. The Kier molecular flexibility index (Phi) is 1.69. The van der Waals surface area contributed by atoms with Crippen molar-refractivity contribution in [3.63, 3.8) is 0 Å². The summed E-state index contributed by atoms with van der Waals surface area (Å²) in [6, 6.07) is 0.547. The van der Waals surface area contributed by atoms with Crippen LogP contribution in [0.4, 0.5) is 4.79 Å². The summed E-state index contributed by atoms with van der Waals surface area (Å²) < 4.78 is 0.556. The third kappa shape index (κ3) is 1.09. The lowest BCUT2D eigenvalue weighted by molar-refractivity contribution is -0.851.